The summed E-state index contributed by atoms with van der Waals surface area (Å²) in [7, 11) is 0. The molecule has 0 N–H and O–H groups in total. The lowest BCUT2D eigenvalue weighted by atomic mass is 10.1. The molecule has 3 aromatic rings. The fourth-order valence-corrected chi connectivity index (χ4v) is 3.49. The molecule has 198 valence electrons. The summed E-state index contributed by atoms with van der Waals surface area (Å²) in [4.78, 5) is 36.0. The molecule has 0 fully saturated rings. The number of ether oxygens (including phenoxy) is 4. The van der Waals surface area contributed by atoms with Crippen molar-refractivity contribution in [2.45, 2.75) is 39.5 Å². The molecule has 7 heteroatoms. The lowest BCUT2D eigenvalue weighted by molar-refractivity contribution is -0.137. The number of aryl methyl sites for hydroxylation is 2. The topological polar surface area (TPSA) is 88.1 Å². The van der Waals surface area contributed by atoms with Crippen LogP contribution in [0.4, 0.5) is 0 Å². The Morgan fingerprint density at radius 2 is 1.32 bits per heavy atom. The van der Waals surface area contributed by atoms with Crippen LogP contribution in [0.5, 0.6) is 17.2 Å². The highest BCUT2D eigenvalue weighted by Gasteiger charge is 2.14. The lowest BCUT2D eigenvalue weighted by Crippen LogP contribution is -2.11. The Morgan fingerprint density at radius 1 is 0.711 bits per heavy atom. The first kappa shape index (κ1) is 28.2. The molecular weight excluding hydrogens is 484 g/mol. The van der Waals surface area contributed by atoms with E-state index >= 15 is 0 Å². The minimum absolute atomic E-state index is 0.362. The first-order chi connectivity index (χ1) is 18.4. The third-order valence-corrected chi connectivity index (χ3v) is 5.65. The molecule has 0 saturated carbocycles. The first-order valence-corrected chi connectivity index (χ1v) is 12.5. The molecule has 3 rings (SSSR count). The number of carbonyl (C=O) groups excluding carboxylic acids is 3. The van der Waals surface area contributed by atoms with E-state index in [-0.39, 0.29) is 0 Å². The van der Waals surface area contributed by atoms with Crippen molar-refractivity contribution in [3.05, 3.63) is 102 Å². The summed E-state index contributed by atoms with van der Waals surface area (Å²) in [5, 5.41) is 0. The summed E-state index contributed by atoms with van der Waals surface area (Å²) in [6, 6.07) is 18.7. The number of unbranched alkanes of at least 4 members (excludes halogenated alkanes) is 3. The number of esters is 3. The Morgan fingerprint density at radius 3 is 1.97 bits per heavy atom. The Balaban J connectivity index is 1.43. The van der Waals surface area contributed by atoms with E-state index < -0.39 is 17.9 Å². The normalized spacial score (nSPS) is 10.4. The summed E-state index contributed by atoms with van der Waals surface area (Å²) in [5.74, 6) is 0.0941. The van der Waals surface area contributed by atoms with Crippen molar-refractivity contribution in [1.29, 1.82) is 0 Å². The van der Waals surface area contributed by atoms with E-state index in [1.165, 1.54) is 0 Å². The molecular formula is C31H32O7. The first-order valence-electron chi connectivity index (χ1n) is 12.5. The van der Waals surface area contributed by atoms with E-state index in [9.17, 15) is 14.4 Å². The summed E-state index contributed by atoms with van der Waals surface area (Å²) < 4.78 is 21.6. The zero-order chi connectivity index (χ0) is 27.3. The minimum Gasteiger partial charge on any atom is -0.494 e. The summed E-state index contributed by atoms with van der Waals surface area (Å²) >= 11 is 0. The van der Waals surface area contributed by atoms with E-state index in [0.717, 1.165) is 37.3 Å². The van der Waals surface area contributed by atoms with Crippen LogP contribution in [0.25, 0.3) is 0 Å². The van der Waals surface area contributed by atoms with Gasteiger partial charge in [-0.1, -0.05) is 24.3 Å². The second kappa shape index (κ2) is 14.4. The van der Waals surface area contributed by atoms with Gasteiger partial charge >= 0.3 is 17.9 Å². The molecule has 0 aliphatic rings. The molecule has 3 aromatic carbocycles. The van der Waals surface area contributed by atoms with E-state index in [2.05, 4.69) is 6.58 Å². The van der Waals surface area contributed by atoms with Gasteiger partial charge in [-0.25, -0.2) is 14.4 Å². The molecule has 0 radical (unpaired) electrons. The van der Waals surface area contributed by atoms with E-state index in [1.54, 1.807) is 61.5 Å². The highest BCUT2D eigenvalue weighted by atomic mass is 16.5. The lowest BCUT2D eigenvalue weighted by Gasteiger charge is -2.10. The van der Waals surface area contributed by atoms with Crippen LogP contribution < -0.4 is 14.2 Å². The zero-order valence-corrected chi connectivity index (χ0v) is 21.7. The summed E-state index contributed by atoms with van der Waals surface area (Å²) in [6.45, 7) is 8.02. The van der Waals surface area contributed by atoms with Gasteiger partial charge in [0.05, 0.1) is 24.3 Å². The molecule has 7 nitrogen and oxygen atoms in total. The molecule has 0 aliphatic carbocycles. The third kappa shape index (κ3) is 8.92. The molecule has 0 heterocycles. The average Bonchev–Trinajstić information content (AvgIpc) is 2.92. The fourth-order valence-electron chi connectivity index (χ4n) is 3.49. The largest absolute Gasteiger partial charge is 0.494 e. The van der Waals surface area contributed by atoms with E-state index in [4.69, 9.17) is 18.9 Å². The number of carbonyl (C=O) groups is 3. The quantitative estimate of drug-likeness (QED) is 0.112. The molecule has 38 heavy (non-hydrogen) atoms. The van der Waals surface area contributed by atoms with Crippen LogP contribution in [0.2, 0.25) is 0 Å². The number of rotatable bonds is 13. The monoisotopic (exact) mass is 516 g/mol. The Bertz CT molecular complexity index is 1240. The maximum Gasteiger partial charge on any atom is 0.343 e. The molecule has 0 bridgehead atoms. The standard InChI is InChI=1S/C31H32O7/c1-4-29(32)36-20-8-6-5-7-19-35-26-16-11-24(12-17-26)30(33)38-28-18-13-25(21-23(28)3)31(34)37-27-14-9-22(2)10-15-27/h4,9-18,21H,1,5-8,19-20H2,2-3H3. The van der Waals surface area contributed by atoms with Crippen LogP contribution in [0.1, 0.15) is 57.5 Å². The molecule has 0 aromatic heterocycles. The molecule has 0 amide bonds. The van der Waals surface area contributed by atoms with Gasteiger partial charge in [-0.15, -0.1) is 0 Å². The van der Waals surface area contributed by atoms with E-state index in [0.29, 0.717) is 47.2 Å². The van der Waals surface area contributed by atoms with Gasteiger partial charge in [-0.05, 0) is 99.7 Å². The van der Waals surface area contributed by atoms with Crippen molar-refractivity contribution >= 4 is 17.9 Å². The molecule has 0 unspecified atom stereocenters. The van der Waals surface area contributed by atoms with Gasteiger partial charge in [0, 0.05) is 6.08 Å². The Hall–Kier alpha value is -4.39. The predicted molar refractivity (Wildman–Crippen MR) is 144 cm³/mol. The molecule has 0 aliphatic heterocycles. The second-order valence-corrected chi connectivity index (χ2v) is 8.73. The van der Waals surface area contributed by atoms with Gasteiger partial charge in [0.1, 0.15) is 17.2 Å². The van der Waals surface area contributed by atoms with Crippen molar-refractivity contribution < 1.29 is 33.3 Å². The van der Waals surface area contributed by atoms with Crippen molar-refractivity contribution in [2.24, 2.45) is 0 Å². The zero-order valence-electron chi connectivity index (χ0n) is 21.7. The maximum absolute atomic E-state index is 12.6. The summed E-state index contributed by atoms with van der Waals surface area (Å²) in [5.41, 5.74) is 2.45. The highest BCUT2D eigenvalue weighted by molar-refractivity contribution is 5.93. The number of hydrogen-bond acceptors (Lipinski definition) is 7. The van der Waals surface area contributed by atoms with Crippen molar-refractivity contribution in [2.75, 3.05) is 13.2 Å². The van der Waals surface area contributed by atoms with Crippen LogP contribution in [0.15, 0.2) is 79.4 Å². The Labute approximate surface area is 223 Å². The van der Waals surface area contributed by atoms with Crippen molar-refractivity contribution in [3.63, 3.8) is 0 Å². The Kier molecular flexibility index (Phi) is 10.7. The third-order valence-electron chi connectivity index (χ3n) is 5.65. The predicted octanol–water partition coefficient (Wildman–Crippen LogP) is 6.41. The molecule has 0 saturated heterocycles. The fraction of sp³-hybridized carbons (Fsp3) is 0.258. The van der Waals surface area contributed by atoms with Crippen LogP contribution in [0.3, 0.4) is 0 Å². The van der Waals surface area contributed by atoms with Crippen LogP contribution in [-0.2, 0) is 9.53 Å². The SMILES string of the molecule is C=CC(=O)OCCCCCCOc1ccc(C(=O)Oc2ccc(C(=O)Oc3ccc(C)cc3)cc2C)cc1. The van der Waals surface area contributed by atoms with Gasteiger partial charge < -0.3 is 18.9 Å². The highest BCUT2D eigenvalue weighted by Crippen LogP contribution is 2.23. The minimum atomic E-state index is -0.508. The van der Waals surface area contributed by atoms with Crippen molar-refractivity contribution in [1.82, 2.24) is 0 Å². The number of hydrogen-bond donors (Lipinski definition) is 0. The van der Waals surface area contributed by atoms with Crippen molar-refractivity contribution in [3.8, 4) is 17.2 Å². The van der Waals surface area contributed by atoms with Gasteiger partial charge in [0.15, 0.2) is 0 Å². The van der Waals surface area contributed by atoms with Crippen LogP contribution in [0, 0.1) is 13.8 Å². The van der Waals surface area contributed by atoms with Crippen LogP contribution in [-0.4, -0.2) is 31.1 Å². The molecule has 0 atom stereocenters. The smallest absolute Gasteiger partial charge is 0.343 e. The maximum atomic E-state index is 12.6. The second-order valence-electron chi connectivity index (χ2n) is 8.73. The van der Waals surface area contributed by atoms with Gasteiger partial charge in [-0.2, -0.15) is 0 Å². The average molecular weight is 517 g/mol. The summed E-state index contributed by atoms with van der Waals surface area (Å²) in [6.07, 6.45) is 4.72. The number of benzene rings is 3. The van der Waals surface area contributed by atoms with Gasteiger partial charge in [0.25, 0.3) is 0 Å². The van der Waals surface area contributed by atoms with Gasteiger partial charge in [-0.3, -0.25) is 0 Å². The van der Waals surface area contributed by atoms with Gasteiger partial charge in [0.2, 0.25) is 0 Å². The van der Waals surface area contributed by atoms with Crippen LogP contribution >= 0.6 is 0 Å². The molecule has 0 spiro atoms. The van der Waals surface area contributed by atoms with E-state index in [1.807, 2.05) is 19.1 Å².